The van der Waals surface area contributed by atoms with Gasteiger partial charge in [0.2, 0.25) is 0 Å². The van der Waals surface area contributed by atoms with E-state index in [-0.39, 0.29) is 18.4 Å². The molecule has 0 saturated carbocycles. The van der Waals surface area contributed by atoms with Crippen molar-refractivity contribution in [3.05, 3.63) is 65.0 Å². The molecule has 2 aromatic carbocycles. The van der Waals surface area contributed by atoms with Gasteiger partial charge in [0.15, 0.2) is 0 Å². The van der Waals surface area contributed by atoms with E-state index in [0.717, 1.165) is 29.7 Å². The Kier molecular flexibility index (Phi) is 6.97. The Morgan fingerprint density at radius 2 is 1.79 bits per heavy atom. The maximum absolute atomic E-state index is 12.2. The fourth-order valence-electron chi connectivity index (χ4n) is 2.99. The number of carbonyl (C=O) groups excluding carboxylic acids is 2. The molecule has 1 aromatic heterocycles. The number of hydrazone groups is 1. The van der Waals surface area contributed by atoms with Gasteiger partial charge in [-0.25, -0.2) is 5.43 Å². The van der Waals surface area contributed by atoms with E-state index in [1.165, 1.54) is 4.70 Å². The average Bonchev–Trinajstić information content (AvgIpc) is 3.16. The third-order valence-electron chi connectivity index (χ3n) is 4.57. The van der Waals surface area contributed by atoms with Crippen LogP contribution in [0.15, 0.2) is 59.0 Å². The second-order valence-electron chi connectivity index (χ2n) is 6.38. The molecule has 0 atom stereocenters. The summed E-state index contributed by atoms with van der Waals surface area (Å²) in [6, 6.07) is 15.4. The standard InChI is InChI=1S/C22H24N4O2S/c1-3-26(4-2)18-11-9-16(10-12-18)22(28)23-14-21(27)25-24-13-17-15-29-20-8-6-5-7-19(17)20/h5-13,15H,3-4,14H2,1-2H3,(H,23,28)(H,25,27). The van der Waals surface area contributed by atoms with E-state index < -0.39 is 0 Å². The third-order valence-corrected chi connectivity index (χ3v) is 5.55. The van der Waals surface area contributed by atoms with Crippen molar-refractivity contribution in [3.63, 3.8) is 0 Å². The van der Waals surface area contributed by atoms with Crippen LogP contribution in [-0.2, 0) is 4.79 Å². The first kappa shape index (κ1) is 20.5. The summed E-state index contributed by atoms with van der Waals surface area (Å²) in [5.41, 5.74) is 4.98. The van der Waals surface area contributed by atoms with E-state index in [9.17, 15) is 9.59 Å². The van der Waals surface area contributed by atoms with Crippen molar-refractivity contribution in [3.8, 4) is 0 Å². The fraction of sp³-hybridized carbons (Fsp3) is 0.227. The molecule has 0 aliphatic rings. The maximum atomic E-state index is 12.2. The molecule has 0 aliphatic heterocycles. The zero-order valence-corrected chi connectivity index (χ0v) is 17.3. The average molecular weight is 409 g/mol. The highest BCUT2D eigenvalue weighted by molar-refractivity contribution is 7.17. The molecule has 0 bridgehead atoms. The highest BCUT2D eigenvalue weighted by atomic mass is 32.1. The van der Waals surface area contributed by atoms with E-state index >= 15 is 0 Å². The Hall–Kier alpha value is -3.19. The lowest BCUT2D eigenvalue weighted by Gasteiger charge is -2.21. The summed E-state index contributed by atoms with van der Waals surface area (Å²) in [7, 11) is 0. The molecule has 0 radical (unpaired) electrons. The normalized spacial score (nSPS) is 11.0. The van der Waals surface area contributed by atoms with Gasteiger partial charge in [0, 0.05) is 45.4 Å². The smallest absolute Gasteiger partial charge is 0.259 e. The predicted octanol–water partition coefficient (Wildman–Crippen LogP) is 3.63. The van der Waals surface area contributed by atoms with Gasteiger partial charge >= 0.3 is 0 Å². The van der Waals surface area contributed by atoms with Crippen molar-refractivity contribution in [1.29, 1.82) is 0 Å². The number of nitrogens with zero attached hydrogens (tertiary/aromatic N) is 2. The molecule has 6 nitrogen and oxygen atoms in total. The molecule has 0 spiro atoms. The predicted molar refractivity (Wildman–Crippen MR) is 120 cm³/mol. The van der Waals surface area contributed by atoms with Crippen molar-refractivity contribution in [2.45, 2.75) is 13.8 Å². The zero-order valence-electron chi connectivity index (χ0n) is 16.5. The lowest BCUT2D eigenvalue weighted by Crippen LogP contribution is -2.34. The Balaban J connectivity index is 1.49. The SMILES string of the molecule is CCN(CC)c1ccc(C(=O)NCC(=O)NN=Cc2csc3ccccc23)cc1. The molecule has 3 aromatic rings. The minimum Gasteiger partial charge on any atom is -0.372 e. The summed E-state index contributed by atoms with van der Waals surface area (Å²) in [6.07, 6.45) is 1.62. The number of nitrogens with one attached hydrogen (secondary N) is 2. The zero-order chi connectivity index (χ0) is 20.6. The monoisotopic (exact) mass is 408 g/mol. The largest absolute Gasteiger partial charge is 0.372 e. The van der Waals surface area contributed by atoms with Gasteiger partial charge in [0.25, 0.3) is 11.8 Å². The molecule has 0 saturated heterocycles. The van der Waals surface area contributed by atoms with Crippen LogP contribution in [0.3, 0.4) is 0 Å². The molecule has 2 N–H and O–H groups in total. The van der Waals surface area contributed by atoms with E-state index in [1.807, 2.05) is 41.8 Å². The second kappa shape index (κ2) is 9.84. The number of hydrogen-bond donors (Lipinski definition) is 2. The summed E-state index contributed by atoms with van der Waals surface area (Å²) in [6.45, 7) is 5.85. The van der Waals surface area contributed by atoms with Gasteiger partial charge in [-0.15, -0.1) is 11.3 Å². The van der Waals surface area contributed by atoms with Crippen LogP contribution >= 0.6 is 11.3 Å². The van der Waals surface area contributed by atoms with Crippen molar-refractivity contribution >= 4 is 45.1 Å². The molecule has 7 heteroatoms. The van der Waals surface area contributed by atoms with Gasteiger partial charge in [0.1, 0.15) is 0 Å². The number of hydrogen-bond acceptors (Lipinski definition) is 5. The number of benzene rings is 2. The van der Waals surface area contributed by atoms with Gasteiger partial charge in [-0.1, -0.05) is 18.2 Å². The van der Waals surface area contributed by atoms with Gasteiger partial charge in [-0.3, -0.25) is 9.59 Å². The fourth-order valence-corrected chi connectivity index (χ4v) is 3.90. The van der Waals surface area contributed by atoms with E-state index in [4.69, 9.17) is 0 Å². The van der Waals surface area contributed by atoms with Crippen LogP contribution in [0.25, 0.3) is 10.1 Å². The Labute approximate surface area is 174 Å². The maximum Gasteiger partial charge on any atom is 0.259 e. The van der Waals surface area contributed by atoms with Crippen LogP contribution in [0.2, 0.25) is 0 Å². The summed E-state index contributed by atoms with van der Waals surface area (Å²) in [4.78, 5) is 26.4. The Morgan fingerprint density at radius 3 is 2.52 bits per heavy atom. The van der Waals surface area contributed by atoms with E-state index in [2.05, 4.69) is 34.6 Å². The van der Waals surface area contributed by atoms with Gasteiger partial charge < -0.3 is 10.2 Å². The third kappa shape index (κ3) is 5.20. The van der Waals surface area contributed by atoms with Gasteiger partial charge in [-0.2, -0.15) is 5.10 Å². The van der Waals surface area contributed by atoms with E-state index in [0.29, 0.717) is 5.56 Å². The first-order chi connectivity index (χ1) is 14.1. The summed E-state index contributed by atoms with van der Waals surface area (Å²) in [5.74, 6) is -0.673. The quantitative estimate of drug-likeness (QED) is 0.442. The molecule has 29 heavy (non-hydrogen) atoms. The summed E-state index contributed by atoms with van der Waals surface area (Å²) < 4.78 is 1.17. The molecule has 1 heterocycles. The number of carbonyl (C=O) groups is 2. The Bertz CT molecular complexity index is 1010. The minimum absolute atomic E-state index is 0.141. The van der Waals surface area contributed by atoms with Gasteiger partial charge in [0.05, 0.1) is 12.8 Å². The number of fused-ring (bicyclic) bond motifs is 1. The van der Waals surface area contributed by atoms with Crippen molar-refractivity contribution < 1.29 is 9.59 Å². The Morgan fingerprint density at radius 1 is 1.07 bits per heavy atom. The van der Waals surface area contributed by atoms with Crippen LogP contribution in [0.4, 0.5) is 5.69 Å². The molecule has 150 valence electrons. The molecule has 3 rings (SSSR count). The number of amides is 2. The first-order valence-corrected chi connectivity index (χ1v) is 10.4. The van der Waals surface area contributed by atoms with Crippen molar-refractivity contribution in [1.82, 2.24) is 10.7 Å². The molecular formula is C22H24N4O2S. The van der Waals surface area contributed by atoms with Crippen molar-refractivity contribution in [2.24, 2.45) is 5.10 Å². The van der Waals surface area contributed by atoms with Crippen LogP contribution in [0.5, 0.6) is 0 Å². The van der Waals surface area contributed by atoms with Gasteiger partial charge in [-0.05, 0) is 44.2 Å². The van der Waals surface area contributed by atoms with E-state index in [1.54, 1.807) is 29.7 Å². The van der Waals surface area contributed by atoms with Crippen LogP contribution in [-0.4, -0.2) is 37.7 Å². The van der Waals surface area contributed by atoms with Crippen molar-refractivity contribution in [2.75, 3.05) is 24.5 Å². The summed E-state index contributed by atoms with van der Waals surface area (Å²) >= 11 is 1.63. The number of rotatable bonds is 8. The molecule has 0 fully saturated rings. The molecular weight excluding hydrogens is 384 g/mol. The van der Waals surface area contributed by atoms with Crippen LogP contribution < -0.4 is 15.6 Å². The molecule has 0 aliphatic carbocycles. The highest BCUT2D eigenvalue weighted by Crippen LogP contribution is 2.24. The highest BCUT2D eigenvalue weighted by Gasteiger charge is 2.09. The lowest BCUT2D eigenvalue weighted by atomic mass is 10.2. The summed E-state index contributed by atoms with van der Waals surface area (Å²) in [5, 5.41) is 9.69. The molecule has 2 amide bonds. The first-order valence-electron chi connectivity index (χ1n) is 9.53. The molecule has 0 unspecified atom stereocenters. The second-order valence-corrected chi connectivity index (χ2v) is 7.29. The topological polar surface area (TPSA) is 73.8 Å². The van der Waals surface area contributed by atoms with Crippen LogP contribution in [0, 0.1) is 0 Å². The van der Waals surface area contributed by atoms with Crippen LogP contribution in [0.1, 0.15) is 29.8 Å². The number of thiophene rings is 1. The lowest BCUT2D eigenvalue weighted by molar-refractivity contribution is -0.120. The minimum atomic E-state index is -0.381. The number of anilines is 1.